The maximum atomic E-state index is 6.04. The lowest BCUT2D eigenvalue weighted by atomic mass is 9.95. The topological polar surface area (TPSA) is 52.0 Å². The molecule has 1 heterocycles. The molecule has 0 saturated heterocycles. The standard InChI is InChI=1S/C11H14N2O/c1-7-13-9-6-4-5-8(10(9)14-7)11(2,3)12/h4-6H,12H2,1-3H3. The van der Waals surface area contributed by atoms with Crippen molar-refractivity contribution in [3.05, 3.63) is 29.7 Å². The van der Waals surface area contributed by atoms with Crippen LogP contribution in [0.4, 0.5) is 0 Å². The number of nitrogens with zero attached hydrogens (tertiary/aromatic N) is 1. The summed E-state index contributed by atoms with van der Waals surface area (Å²) in [6, 6.07) is 5.86. The van der Waals surface area contributed by atoms with Gasteiger partial charge in [-0.25, -0.2) is 4.98 Å². The van der Waals surface area contributed by atoms with Crippen LogP contribution in [0, 0.1) is 6.92 Å². The summed E-state index contributed by atoms with van der Waals surface area (Å²) in [5.41, 5.74) is 8.32. The zero-order chi connectivity index (χ0) is 10.3. The van der Waals surface area contributed by atoms with Gasteiger partial charge < -0.3 is 10.2 Å². The molecule has 1 aromatic heterocycles. The molecule has 2 aromatic rings. The molecule has 0 spiro atoms. The molecule has 2 rings (SSSR count). The van der Waals surface area contributed by atoms with Crippen molar-refractivity contribution >= 4 is 11.1 Å². The molecule has 0 amide bonds. The van der Waals surface area contributed by atoms with Crippen LogP contribution in [0.15, 0.2) is 22.6 Å². The monoisotopic (exact) mass is 190 g/mol. The largest absolute Gasteiger partial charge is 0.441 e. The summed E-state index contributed by atoms with van der Waals surface area (Å²) in [6.45, 7) is 5.76. The van der Waals surface area contributed by atoms with Gasteiger partial charge in [0.1, 0.15) is 5.52 Å². The minimum absolute atomic E-state index is 0.397. The van der Waals surface area contributed by atoms with E-state index in [1.54, 1.807) is 0 Å². The van der Waals surface area contributed by atoms with Gasteiger partial charge in [0.05, 0.1) is 0 Å². The minimum atomic E-state index is -0.397. The number of para-hydroxylation sites is 1. The fourth-order valence-electron chi connectivity index (χ4n) is 1.57. The van der Waals surface area contributed by atoms with Crippen molar-refractivity contribution in [1.29, 1.82) is 0 Å². The van der Waals surface area contributed by atoms with E-state index in [2.05, 4.69) is 4.98 Å². The van der Waals surface area contributed by atoms with Gasteiger partial charge in [0.2, 0.25) is 0 Å². The molecule has 1 aromatic carbocycles. The van der Waals surface area contributed by atoms with Crippen LogP contribution < -0.4 is 5.73 Å². The Bertz CT molecular complexity index is 466. The lowest BCUT2D eigenvalue weighted by Crippen LogP contribution is -2.28. The van der Waals surface area contributed by atoms with E-state index in [0.717, 1.165) is 16.7 Å². The fourth-order valence-corrected chi connectivity index (χ4v) is 1.57. The number of nitrogens with two attached hydrogens (primary N) is 1. The molecular weight excluding hydrogens is 176 g/mol. The van der Waals surface area contributed by atoms with Gasteiger partial charge in [-0.05, 0) is 19.9 Å². The number of hydrogen-bond acceptors (Lipinski definition) is 3. The zero-order valence-corrected chi connectivity index (χ0v) is 8.66. The van der Waals surface area contributed by atoms with E-state index in [9.17, 15) is 0 Å². The van der Waals surface area contributed by atoms with Gasteiger partial charge in [0.15, 0.2) is 11.5 Å². The fraction of sp³-hybridized carbons (Fsp3) is 0.364. The third kappa shape index (κ3) is 1.40. The van der Waals surface area contributed by atoms with Gasteiger partial charge in [0, 0.05) is 18.0 Å². The van der Waals surface area contributed by atoms with Crippen molar-refractivity contribution in [3.8, 4) is 0 Å². The molecular formula is C11H14N2O. The molecule has 14 heavy (non-hydrogen) atoms. The van der Waals surface area contributed by atoms with Gasteiger partial charge in [-0.3, -0.25) is 0 Å². The van der Waals surface area contributed by atoms with E-state index < -0.39 is 5.54 Å². The quantitative estimate of drug-likeness (QED) is 0.750. The predicted octanol–water partition coefficient (Wildman–Crippen LogP) is 2.33. The van der Waals surface area contributed by atoms with Crippen molar-refractivity contribution in [2.24, 2.45) is 5.73 Å². The predicted molar refractivity (Wildman–Crippen MR) is 56.0 cm³/mol. The highest BCUT2D eigenvalue weighted by Gasteiger charge is 2.19. The smallest absolute Gasteiger partial charge is 0.192 e. The molecule has 0 atom stereocenters. The molecule has 0 aliphatic carbocycles. The van der Waals surface area contributed by atoms with Gasteiger partial charge in [0.25, 0.3) is 0 Å². The molecule has 0 saturated carbocycles. The third-order valence-corrected chi connectivity index (χ3v) is 2.22. The summed E-state index contributed by atoms with van der Waals surface area (Å²) in [5.74, 6) is 0.678. The van der Waals surface area contributed by atoms with E-state index in [1.807, 2.05) is 39.0 Å². The second-order valence-electron chi connectivity index (χ2n) is 4.11. The highest BCUT2D eigenvalue weighted by Crippen LogP contribution is 2.26. The first-order valence-corrected chi connectivity index (χ1v) is 4.64. The number of rotatable bonds is 1. The lowest BCUT2D eigenvalue weighted by molar-refractivity contribution is 0.519. The van der Waals surface area contributed by atoms with Crippen LogP contribution in [0.1, 0.15) is 25.3 Å². The Hall–Kier alpha value is -1.35. The molecule has 3 nitrogen and oxygen atoms in total. The highest BCUT2D eigenvalue weighted by molar-refractivity contribution is 5.77. The summed E-state index contributed by atoms with van der Waals surface area (Å²) in [7, 11) is 0. The van der Waals surface area contributed by atoms with Crippen LogP contribution in [0.25, 0.3) is 11.1 Å². The van der Waals surface area contributed by atoms with Crippen LogP contribution in [-0.2, 0) is 5.54 Å². The third-order valence-electron chi connectivity index (χ3n) is 2.22. The van der Waals surface area contributed by atoms with Crippen LogP contribution in [0.5, 0.6) is 0 Å². The molecule has 74 valence electrons. The van der Waals surface area contributed by atoms with Crippen molar-refractivity contribution < 1.29 is 4.42 Å². The van der Waals surface area contributed by atoms with Crippen molar-refractivity contribution in [2.75, 3.05) is 0 Å². The Morgan fingerprint density at radius 3 is 2.71 bits per heavy atom. The average molecular weight is 190 g/mol. The van der Waals surface area contributed by atoms with Gasteiger partial charge in [-0.15, -0.1) is 0 Å². The SMILES string of the molecule is Cc1nc2cccc(C(C)(C)N)c2o1. The Kier molecular flexibility index (Phi) is 1.86. The average Bonchev–Trinajstić information content (AvgIpc) is 2.41. The molecule has 0 radical (unpaired) electrons. The normalized spacial score (nSPS) is 12.3. The van der Waals surface area contributed by atoms with E-state index in [1.165, 1.54) is 0 Å². The molecule has 0 aliphatic heterocycles. The summed E-state index contributed by atoms with van der Waals surface area (Å²) in [4.78, 5) is 4.27. The van der Waals surface area contributed by atoms with Crippen molar-refractivity contribution in [2.45, 2.75) is 26.3 Å². The minimum Gasteiger partial charge on any atom is -0.441 e. The number of benzene rings is 1. The maximum absolute atomic E-state index is 6.04. The van der Waals surface area contributed by atoms with E-state index in [-0.39, 0.29) is 0 Å². The Morgan fingerprint density at radius 1 is 1.36 bits per heavy atom. The van der Waals surface area contributed by atoms with Crippen LogP contribution in [-0.4, -0.2) is 4.98 Å². The van der Waals surface area contributed by atoms with Gasteiger partial charge >= 0.3 is 0 Å². The maximum Gasteiger partial charge on any atom is 0.192 e. The lowest BCUT2D eigenvalue weighted by Gasteiger charge is -2.18. The number of hydrogen-bond donors (Lipinski definition) is 1. The summed E-state index contributed by atoms with van der Waals surface area (Å²) >= 11 is 0. The molecule has 3 heteroatoms. The van der Waals surface area contributed by atoms with Crippen molar-refractivity contribution in [1.82, 2.24) is 4.98 Å². The van der Waals surface area contributed by atoms with E-state index in [0.29, 0.717) is 5.89 Å². The second kappa shape index (κ2) is 2.82. The Labute approximate surface area is 82.9 Å². The molecule has 0 fully saturated rings. The van der Waals surface area contributed by atoms with Gasteiger partial charge in [-0.1, -0.05) is 12.1 Å². The molecule has 0 unspecified atom stereocenters. The van der Waals surface area contributed by atoms with Crippen LogP contribution in [0.2, 0.25) is 0 Å². The first kappa shape index (κ1) is 9.21. The molecule has 0 aliphatic rings. The Morgan fingerprint density at radius 2 is 2.07 bits per heavy atom. The number of aryl methyl sites for hydroxylation is 1. The number of oxazole rings is 1. The number of aromatic nitrogens is 1. The number of fused-ring (bicyclic) bond motifs is 1. The zero-order valence-electron chi connectivity index (χ0n) is 8.66. The molecule has 0 bridgehead atoms. The first-order chi connectivity index (χ1) is 6.48. The highest BCUT2D eigenvalue weighted by atomic mass is 16.3. The van der Waals surface area contributed by atoms with Gasteiger partial charge in [-0.2, -0.15) is 0 Å². The van der Waals surface area contributed by atoms with Crippen LogP contribution >= 0.6 is 0 Å². The van der Waals surface area contributed by atoms with E-state index in [4.69, 9.17) is 10.2 Å². The first-order valence-electron chi connectivity index (χ1n) is 4.64. The summed E-state index contributed by atoms with van der Waals surface area (Å²) in [6.07, 6.45) is 0. The second-order valence-corrected chi connectivity index (χ2v) is 4.11. The van der Waals surface area contributed by atoms with Crippen molar-refractivity contribution in [3.63, 3.8) is 0 Å². The summed E-state index contributed by atoms with van der Waals surface area (Å²) in [5, 5.41) is 0. The van der Waals surface area contributed by atoms with E-state index >= 15 is 0 Å². The molecule has 2 N–H and O–H groups in total. The van der Waals surface area contributed by atoms with Crippen LogP contribution in [0.3, 0.4) is 0 Å². The summed E-state index contributed by atoms with van der Waals surface area (Å²) < 4.78 is 5.53. The Balaban J connectivity index is 2.77.